The molecule has 0 saturated carbocycles. The fraction of sp³-hybridized carbons (Fsp3) is 0. The van der Waals surface area contributed by atoms with Crippen LogP contribution in [0.4, 0.5) is 0 Å². The molecule has 0 saturated heterocycles. The third-order valence-corrected chi connectivity index (χ3v) is 5.13. The molecule has 0 aliphatic carbocycles. The number of pyridine rings is 1. The topological polar surface area (TPSA) is 41.8 Å². The summed E-state index contributed by atoms with van der Waals surface area (Å²) in [5.74, 6) is 0. The number of aromatic nitrogens is 2. The van der Waals surface area contributed by atoms with Crippen LogP contribution in [0.25, 0.3) is 54.8 Å². The molecule has 0 amide bonds. The average Bonchev–Trinajstić information content (AvgIpc) is 3.29. The fourth-order valence-corrected chi connectivity index (χ4v) is 3.96. The summed E-state index contributed by atoms with van der Waals surface area (Å²) < 4.78 is 6.07. The first kappa shape index (κ1) is 13.7. The molecule has 0 fully saturated rings. The highest BCUT2D eigenvalue weighted by Gasteiger charge is 2.16. The Morgan fingerprint density at radius 1 is 0.731 bits per heavy atom. The highest BCUT2D eigenvalue weighted by Crippen LogP contribution is 2.39. The molecule has 3 aromatic heterocycles. The average molecular weight is 334 g/mol. The van der Waals surface area contributed by atoms with Gasteiger partial charge in [-0.05, 0) is 41.1 Å². The first-order chi connectivity index (χ1) is 12.9. The number of furan rings is 1. The van der Waals surface area contributed by atoms with Gasteiger partial charge in [-0.15, -0.1) is 0 Å². The lowest BCUT2D eigenvalue weighted by atomic mass is 10.0. The first-order valence-corrected chi connectivity index (χ1v) is 8.65. The largest absolute Gasteiger partial charge is 0.463 e. The van der Waals surface area contributed by atoms with E-state index < -0.39 is 0 Å². The molecule has 3 nitrogen and oxygen atoms in total. The van der Waals surface area contributed by atoms with Crippen molar-refractivity contribution in [1.29, 1.82) is 0 Å². The quantitative estimate of drug-likeness (QED) is 0.384. The van der Waals surface area contributed by atoms with Crippen molar-refractivity contribution in [3.63, 3.8) is 0 Å². The Kier molecular flexibility index (Phi) is 2.61. The van der Waals surface area contributed by atoms with Gasteiger partial charge in [-0.3, -0.25) is 4.98 Å². The van der Waals surface area contributed by atoms with Crippen molar-refractivity contribution in [2.24, 2.45) is 0 Å². The number of H-pyrrole nitrogens is 1. The van der Waals surface area contributed by atoms with Crippen molar-refractivity contribution in [2.75, 3.05) is 0 Å². The van der Waals surface area contributed by atoms with Gasteiger partial charge in [0.05, 0.1) is 16.6 Å². The molecule has 0 radical (unpaired) electrons. The summed E-state index contributed by atoms with van der Waals surface area (Å²) in [6.07, 6.45) is 3.63. The third kappa shape index (κ3) is 1.74. The van der Waals surface area contributed by atoms with E-state index in [9.17, 15) is 0 Å². The molecule has 0 unspecified atom stereocenters. The Morgan fingerprint density at radius 3 is 2.50 bits per heavy atom. The van der Waals surface area contributed by atoms with Gasteiger partial charge < -0.3 is 9.40 Å². The molecule has 0 spiro atoms. The predicted molar refractivity (Wildman–Crippen MR) is 106 cm³/mol. The van der Waals surface area contributed by atoms with E-state index >= 15 is 0 Å². The van der Waals surface area contributed by atoms with Gasteiger partial charge in [0.1, 0.15) is 11.8 Å². The molecule has 122 valence electrons. The Labute approximate surface area is 148 Å². The van der Waals surface area contributed by atoms with Crippen LogP contribution >= 0.6 is 0 Å². The zero-order valence-electron chi connectivity index (χ0n) is 13.9. The van der Waals surface area contributed by atoms with Crippen LogP contribution in [-0.4, -0.2) is 9.97 Å². The molecular weight excluding hydrogens is 320 g/mol. The highest BCUT2D eigenvalue weighted by molar-refractivity contribution is 6.27. The SMILES string of the molecule is c1ccc(-c2coc3c2ccc2[nH]c4ccc5ccccc5c4c23)nc1. The Morgan fingerprint density at radius 2 is 1.58 bits per heavy atom. The van der Waals surface area contributed by atoms with E-state index in [0.717, 1.165) is 38.6 Å². The van der Waals surface area contributed by atoms with Crippen molar-refractivity contribution in [2.45, 2.75) is 0 Å². The van der Waals surface area contributed by atoms with Crippen LogP contribution < -0.4 is 0 Å². The van der Waals surface area contributed by atoms with E-state index in [-0.39, 0.29) is 0 Å². The number of nitrogens with one attached hydrogen (secondary N) is 1. The lowest BCUT2D eigenvalue weighted by Gasteiger charge is -2.01. The molecule has 3 heterocycles. The Hall–Kier alpha value is -3.59. The fourth-order valence-electron chi connectivity index (χ4n) is 3.96. The van der Waals surface area contributed by atoms with E-state index in [1.807, 2.05) is 30.7 Å². The van der Waals surface area contributed by atoms with Gasteiger partial charge >= 0.3 is 0 Å². The minimum absolute atomic E-state index is 0.908. The smallest absolute Gasteiger partial charge is 0.144 e. The van der Waals surface area contributed by atoms with Crippen LogP contribution in [0.3, 0.4) is 0 Å². The number of hydrogen-bond acceptors (Lipinski definition) is 2. The maximum Gasteiger partial charge on any atom is 0.144 e. The van der Waals surface area contributed by atoms with Crippen molar-refractivity contribution in [3.8, 4) is 11.3 Å². The molecular formula is C23H14N2O. The summed E-state index contributed by atoms with van der Waals surface area (Å²) >= 11 is 0. The molecule has 0 aliphatic heterocycles. The molecule has 0 bridgehead atoms. The van der Waals surface area contributed by atoms with Crippen LogP contribution in [0.2, 0.25) is 0 Å². The standard InChI is InChI=1S/C23H14N2O/c1-2-6-15-14(5-1)8-10-19-21(15)22-20(25-19)11-9-16-17(13-26-23(16)22)18-7-3-4-12-24-18/h1-13,25H. The lowest BCUT2D eigenvalue weighted by Crippen LogP contribution is -1.79. The Bertz CT molecular complexity index is 1420. The van der Waals surface area contributed by atoms with Gasteiger partial charge in [-0.1, -0.05) is 36.4 Å². The second-order valence-electron chi connectivity index (χ2n) is 6.56. The van der Waals surface area contributed by atoms with Gasteiger partial charge in [0, 0.05) is 28.0 Å². The van der Waals surface area contributed by atoms with Crippen molar-refractivity contribution in [3.05, 3.63) is 79.2 Å². The molecule has 1 N–H and O–H groups in total. The van der Waals surface area contributed by atoms with Crippen LogP contribution in [0.5, 0.6) is 0 Å². The summed E-state index contributed by atoms with van der Waals surface area (Å²) in [6.45, 7) is 0. The molecule has 0 aliphatic rings. The number of aromatic amines is 1. The number of fused-ring (bicyclic) bond motifs is 7. The van der Waals surface area contributed by atoms with Crippen LogP contribution in [0.15, 0.2) is 83.6 Å². The van der Waals surface area contributed by atoms with E-state index in [2.05, 4.69) is 58.5 Å². The summed E-state index contributed by atoms with van der Waals surface area (Å²) in [5, 5.41) is 5.90. The van der Waals surface area contributed by atoms with Gasteiger partial charge in [0.15, 0.2) is 0 Å². The minimum atomic E-state index is 0.908. The number of hydrogen-bond donors (Lipinski definition) is 1. The maximum absolute atomic E-state index is 6.07. The van der Waals surface area contributed by atoms with Crippen LogP contribution in [-0.2, 0) is 0 Å². The van der Waals surface area contributed by atoms with Gasteiger partial charge in [-0.25, -0.2) is 0 Å². The minimum Gasteiger partial charge on any atom is -0.463 e. The summed E-state index contributed by atoms with van der Waals surface area (Å²) in [5.41, 5.74) is 5.07. The van der Waals surface area contributed by atoms with Crippen molar-refractivity contribution >= 4 is 43.5 Å². The van der Waals surface area contributed by atoms with Crippen LogP contribution in [0.1, 0.15) is 0 Å². The third-order valence-electron chi connectivity index (χ3n) is 5.13. The van der Waals surface area contributed by atoms with Crippen molar-refractivity contribution < 1.29 is 4.42 Å². The predicted octanol–water partition coefficient (Wildman–Crippen LogP) is 6.28. The van der Waals surface area contributed by atoms with Crippen LogP contribution in [0, 0.1) is 0 Å². The van der Waals surface area contributed by atoms with E-state index in [1.54, 1.807) is 0 Å². The lowest BCUT2D eigenvalue weighted by molar-refractivity contribution is 0.620. The molecule has 3 aromatic carbocycles. The molecule has 6 aromatic rings. The molecule has 26 heavy (non-hydrogen) atoms. The first-order valence-electron chi connectivity index (χ1n) is 8.65. The summed E-state index contributed by atoms with van der Waals surface area (Å²) in [6, 6.07) is 23.0. The molecule has 0 atom stereocenters. The maximum atomic E-state index is 6.07. The number of rotatable bonds is 1. The summed E-state index contributed by atoms with van der Waals surface area (Å²) in [7, 11) is 0. The Balaban J connectivity index is 1.81. The number of benzene rings is 3. The number of nitrogens with zero attached hydrogens (tertiary/aromatic N) is 1. The van der Waals surface area contributed by atoms with Gasteiger partial charge in [0.2, 0.25) is 0 Å². The monoisotopic (exact) mass is 334 g/mol. The van der Waals surface area contributed by atoms with E-state index in [0.29, 0.717) is 0 Å². The zero-order chi connectivity index (χ0) is 17.1. The van der Waals surface area contributed by atoms with E-state index in [4.69, 9.17) is 4.42 Å². The van der Waals surface area contributed by atoms with Gasteiger partial charge in [0.25, 0.3) is 0 Å². The second kappa shape index (κ2) is 4.96. The molecule has 3 heteroatoms. The highest BCUT2D eigenvalue weighted by atomic mass is 16.3. The van der Waals surface area contributed by atoms with Gasteiger partial charge in [-0.2, -0.15) is 0 Å². The zero-order valence-corrected chi connectivity index (χ0v) is 13.9. The van der Waals surface area contributed by atoms with Crippen molar-refractivity contribution in [1.82, 2.24) is 9.97 Å². The molecule has 6 rings (SSSR count). The van der Waals surface area contributed by atoms with E-state index in [1.165, 1.54) is 16.2 Å². The normalized spacial score (nSPS) is 11.8. The second-order valence-corrected chi connectivity index (χ2v) is 6.56. The summed E-state index contributed by atoms with van der Waals surface area (Å²) in [4.78, 5) is 8.02.